The van der Waals surface area contributed by atoms with Gasteiger partial charge < -0.3 is 20.3 Å². The van der Waals surface area contributed by atoms with E-state index in [0.717, 1.165) is 20.0 Å². The lowest BCUT2D eigenvalue weighted by molar-refractivity contribution is -0.115. The number of halogens is 1. The van der Waals surface area contributed by atoms with Crippen molar-refractivity contribution in [2.75, 3.05) is 17.3 Å². The van der Waals surface area contributed by atoms with Crippen LogP contribution in [0.4, 0.5) is 11.4 Å². The van der Waals surface area contributed by atoms with Gasteiger partial charge in [-0.3, -0.25) is 9.78 Å². The molecule has 2 unspecified atom stereocenters. The zero-order valence-electron chi connectivity index (χ0n) is 17.0. The highest BCUT2D eigenvalue weighted by Gasteiger charge is 2.41. The Morgan fingerprint density at radius 2 is 2.16 bits per heavy atom. The molecule has 3 aromatic rings. The van der Waals surface area contributed by atoms with Gasteiger partial charge in [0.2, 0.25) is 5.91 Å². The van der Waals surface area contributed by atoms with Crippen LogP contribution in [0.2, 0.25) is 0 Å². The topological polar surface area (TPSA) is 66.5 Å². The molecule has 0 bridgehead atoms. The van der Waals surface area contributed by atoms with E-state index in [0.29, 0.717) is 23.0 Å². The maximum Gasteiger partial charge on any atom is 0.224 e. The van der Waals surface area contributed by atoms with E-state index in [9.17, 15) is 4.79 Å². The van der Waals surface area contributed by atoms with Crippen molar-refractivity contribution in [3.05, 3.63) is 69.1 Å². The molecule has 0 saturated carbocycles. The second-order valence-corrected chi connectivity index (χ2v) is 9.81. The molecule has 160 valence electrons. The first kappa shape index (κ1) is 21.7. The number of rotatable bonds is 6. The van der Waals surface area contributed by atoms with Crippen LogP contribution in [-0.2, 0) is 4.79 Å². The lowest BCUT2D eigenvalue weighted by Crippen LogP contribution is -2.29. The molecular formula is C22H21BrN4O2S2. The number of nitrogens with zero attached hydrogens (tertiary/aromatic N) is 2. The molecule has 1 amide bonds. The summed E-state index contributed by atoms with van der Waals surface area (Å²) >= 11 is 11.0. The van der Waals surface area contributed by atoms with Gasteiger partial charge in [-0.05, 0) is 64.5 Å². The second-order valence-electron chi connectivity index (χ2n) is 6.92. The molecule has 1 aromatic carbocycles. The number of hydrogen-bond acceptors (Lipinski definition) is 5. The molecule has 2 atom stereocenters. The van der Waals surface area contributed by atoms with E-state index in [1.807, 2.05) is 49.4 Å². The number of pyridine rings is 1. The molecule has 1 aliphatic rings. The molecule has 0 radical (unpaired) electrons. The number of aromatic nitrogens is 1. The number of benzene rings is 1. The summed E-state index contributed by atoms with van der Waals surface area (Å²) in [5.41, 5.74) is 2.42. The average Bonchev–Trinajstić information content (AvgIpc) is 3.37. The number of methoxy groups -OCH3 is 1. The summed E-state index contributed by atoms with van der Waals surface area (Å²) in [6.07, 6.45) is 2.18. The Morgan fingerprint density at radius 3 is 2.81 bits per heavy atom. The van der Waals surface area contributed by atoms with Gasteiger partial charge in [-0.25, -0.2) is 0 Å². The van der Waals surface area contributed by atoms with Crippen molar-refractivity contribution in [2.24, 2.45) is 0 Å². The monoisotopic (exact) mass is 516 g/mol. The maximum absolute atomic E-state index is 11.9. The van der Waals surface area contributed by atoms with Gasteiger partial charge in [0.15, 0.2) is 5.11 Å². The number of hydrogen-bond donors (Lipinski definition) is 2. The highest BCUT2D eigenvalue weighted by atomic mass is 79.9. The molecule has 6 nitrogen and oxygen atoms in total. The summed E-state index contributed by atoms with van der Waals surface area (Å²) in [6.45, 7) is 1.81. The number of amides is 1. The molecule has 31 heavy (non-hydrogen) atoms. The third-order valence-electron chi connectivity index (χ3n) is 5.04. The lowest BCUT2D eigenvalue weighted by Gasteiger charge is -2.27. The Hall–Kier alpha value is -2.49. The SMILES string of the molecule is CCC(=O)Nc1ccc(N2C(=S)NC(c3ccccn3)C2c2ccc(Br)s2)cc1OC. The zero-order chi connectivity index (χ0) is 22.0. The summed E-state index contributed by atoms with van der Waals surface area (Å²) < 4.78 is 6.61. The molecule has 2 aromatic heterocycles. The van der Waals surface area contributed by atoms with E-state index in [4.69, 9.17) is 17.0 Å². The third-order valence-corrected chi connectivity index (χ3v) is 7.05. The Morgan fingerprint density at radius 1 is 1.32 bits per heavy atom. The number of thiocarbonyl (C=S) groups is 1. The number of nitrogens with one attached hydrogen (secondary N) is 2. The fraction of sp³-hybridized carbons (Fsp3) is 0.227. The predicted octanol–water partition coefficient (Wildman–Crippen LogP) is 5.44. The Kier molecular flexibility index (Phi) is 6.54. The van der Waals surface area contributed by atoms with E-state index in [-0.39, 0.29) is 18.0 Å². The normalized spacial score (nSPS) is 18.0. The van der Waals surface area contributed by atoms with Gasteiger partial charge in [0.1, 0.15) is 5.75 Å². The summed E-state index contributed by atoms with van der Waals surface area (Å²) in [5.74, 6) is 0.510. The number of ether oxygens (including phenoxy) is 1. The van der Waals surface area contributed by atoms with Crippen molar-refractivity contribution in [1.82, 2.24) is 10.3 Å². The second kappa shape index (κ2) is 9.33. The van der Waals surface area contributed by atoms with Gasteiger partial charge >= 0.3 is 0 Å². The quantitative estimate of drug-likeness (QED) is 0.425. The molecule has 1 saturated heterocycles. The van der Waals surface area contributed by atoms with E-state index in [1.54, 1.807) is 24.6 Å². The minimum Gasteiger partial charge on any atom is -0.494 e. The number of carbonyl (C=O) groups excluding carboxylic acids is 1. The van der Waals surface area contributed by atoms with Gasteiger partial charge in [0, 0.05) is 29.2 Å². The highest BCUT2D eigenvalue weighted by Crippen LogP contribution is 2.45. The summed E-state index contributed by atoms with van der Waals surface area (Å²) in [4.78, 5) is 19.7. The Bertz CT molecular complexity index is 1110. The molecule has 2 N–H and O–H groups in total. The minimum absolute atomic E-state index is 0.0686. The molecule has 9 heteroatoms. The number of thiophene rings is 1. The third kappa shape index (κ3) is 4.44. The molecular weight excluding hydrogens is 496 g/mol. The van der Waals surface area contributed by atoms with Crippen LogP contribution in [0.3, 0.4) is 0 Å². The van der Waals surface area contributed by atoms with Crippen LogP contribution in [0.25, 0.3) is 0 Å². The van der Waals surface area contributed by atoms with E-state index < -0.39 is 0 Å². The van der Waals surface area contributed by atoms with E-state index in [2.05, 4.69) is 42.5 Å². The standard InChI is InChI=1S/C22H21BrN4O2S2/c1-3-19(28)25-14-8-7-13(12-16(14)29-2)27-21(17-9-10-18(23)31-17)20(26-22(27)30)15-6-4-5-11-24-15/h4-12,20-21H,3H2,1-2H3,(H,25,28)(H,26,30). The Balaban J connectivity index is 1.76. The molecule has 1 aliphatic heterocycles. The van der Waals surface area contributed by atoms with Crippen molar-refractivity contribution in [3.63, 3.8) is 0 Å². The van der Waals surface area contributed by atoms with Crippen LogP contribution in [0.1, 0.15) is 36.0 Å². The lowest BCUT2D eigenvalue weighted by atomic mass is 10.0. The smallest absolute Gasteiger partial charge is 0.224 e. The van der Waals surface area contributed by atoms with E-state index >= 15 is 0 Å². The molecule has 1 fully saturated rings. The van der Waals surface area contributed by atoms with E-state index in [1.165, 1.54) is 0 Å². The zero-order valence-corrected chi connectivity index (χ0v) is 20.2. The van der Waals surface area contributed by atoms with Gasteiger partial charge in [-0.1, -0.05) is 13.0 Å². The Labute approximate surface area is 198 Å². The van der Waals surface area contributed by atoms with Crippen molar-refractivity contribution in [1.29, 1.82) is 0 Å². The predicted molar refractivity (Wildman–Crippen MR) is 132 cm³/mol. The van der Waals surface area contributed by atoms with Crippen LogP contribution >= 0.6 is 39.5 Å². The first-order chi connectivity index (χ1) is 15.0. The van der Waals surface area contributed by atoms with Gasteiger partial charge in [0.25, 0.3) is 0 Å². The van der Waals surface area contributed by atoms with Crippen molar-refractivity contribution < 1.29 is 9.53 Å². The fourth-order valence-corrected chi connectivity index (χ4v) is 5.48. The highest BCUT2D eigenvalue weighted by molar-refractivity contribution is 9.11. The van der Waals surface area contributed by atoms with Crippen LogP contribution in [0, 0.1) is 0 Å². The summed E-state index contributed by atoms with van der Waals surface area (Å²) in [7, 11) is 1.59. The minimum atomic E-state index is -0.107. The fourth-order valence-electron chi connectivity index (χ4n) is 3.58. The van der Waals surface area contributed by atoms with Crippen LogP contribution in [-0.4, -0.2) is 23.1 Å². The molecule has 3 heterocycles. The van der Waals surface area contributed by atoms with Crippen LogP contribution < -0.4 is 20.3 Å². The van der Waals surface area contributed by atoms with Crippen molar-refractivity contribution in [3.8, 4) is 5.75 Å². The van der Waals surface area contributed by atoms with Crippen molar-refractivity contribution in [2.45, 2.75) is 25.4 Å². The summed E-state index contributed by atoms with van der Waals surface area (Å²) in [5, 5.41) is 6.93. The van der Waals surface area contributed by atoms with Gasteiger partial charge in [-0.2, -0.15) is 0 Å². The summed E-state index contributed by atoms with van der Waals surface area (Å²) in [6, 6.07) is 15.5. The number of anilines is 2. The molecule has 4 rings (SSSR count). The van der Waals surface area contributed by atoms with Crippen LogP contribution in [0.5, 0.6) is 5.75 Å². The molecule has 0 aliphatic carbocycles. The van der Waals surface area contributed by atoms with Gasteiger partial charge in [0.05, 0.1) is 34.4 Å². The molecule has 0 spiro atoms. The largest absolute Gasteiger partial charge is 0.494 e. The van der Waals surface area contributed by atoms with Crippen molar-refractivity contribution >= 4 is 61.9 Å². The maximum atomic E-state index is 11.9. The first-order valence-electron chi connectivity index (χ1n) is 9.75. The van der Waals surface area contributed by atoms with Crippen LogP contribution in [0.15, 0.2) is 58.5 Å². The first-order valence-corrected chi connectivity index (χ1v) is 11.8. The number of carbonyl (C=O) groups is 1. The average molecular weight is 517 g/mol. The van der Waals surface area contributed by atoms with Gasteiger partial charge in [-0.15, -0.1) is 11.3 Å².